The molecule has 1 unspecified atom stereocenters. The summed E-state index contributed by atoms with van der Waals surface area (Å²) in [6.07, 6.45) is 0. The van der Waals surface area contributed by atoms with Gasteiger partial charge in [0.1, 0.15) is 0 Å². The number of hydrogen-bond acceptors (Lipinski definition) is 2. The zero-order chi connectivity index (χ0) is 11.8. The summed E-state index contributed by atoms with van der Waals surface area (Å²) in [5.74, 6) is -0.0728. The fraction of sp³-hybridized carbons (Fsp3) is 0.417. The molecule has 0 radical (unpaired) electrons. The lowest BCUT2D eigenvalue weighted by Crippen LogP contribution is -2.31. The standard InChI is InChI=1S/C12H14ClNO2/c1-12(2)8-16-14(11(12)15)10(13)9-6-4-3-5-7-9/h3-7,10H,8H2,1-2H3. The summed E-state index contributed by atoms with van der Waals surface area (Å²) in [6.45, 7) is 4.08. The van der Waals surface area contributed by atoms with Crippen LogP contribution in [0.1, 0.15) is 24.9 Å². The molecule has 1 amide bonds. The maximum atomic E-state index is 12.0. The largest absolute Gasteiger partial charge is 0.272 e. The fourth-order valence-corrected chi connectivity index (χ4v) is 1.86. The molecule has 86 valence electrons. The zero-order valence-electron chi connectivity index (χ0n) is 9.31. The van der Waals surface area contributed by atoms with Gasteiger partial charge >= 0.3 is 0 Å². The number of alkyl halides is 1. The molecule has 1 fully saturated rings. The van der Waals surface area contributed by atoms with Crippen molar-refractivity contribution in [3.63, 3.8) is 0 Å². The lowest BCUT2D eigenvalue weighted by molar-refractivity contribution is -0.166. The van der Waals surface area contributed by atoms with Gasteiger partial charge in [-0.2, -0.15) is 5.06 Å². The number of benzene rings is 1. The lowest BCUT2D eigenvalue weighted by atomic mass is 9.95. The SMILES string of the molecule is CC1(C)CON(C(Cl)c2ccccc2)C1=O. The van der Waals surface area contributed by atoms with Gasteiger partial charge in [-0.3, -0.25) is 9.63 Å². The Hall–Kier alpha value is -1.06. The van der Waals surface area contributed by atoms with Gasteiger partial charge in [-0.25, -0.2) is 0 Å². The summed E-state index contributed by atoms with van der Waals surface area (Å²) in [5, 5.41) is 1.26. The van der Waals surface area contributed by atoms with E-state index < -0.39 is 10.9 Å². The van der Waals surface area contributed by atoms with Crippen LogP contribution in [0.15, 0.2) is 30.3 Å². The van der Waals surface area contributed by atoms with E-state index in [2.05, 4.69) is 0 Å². The molecule has 0 saturated carbocycles. The highest BCUT2D eigenvalue weighted by atomic mass is 35.5. The Kier molecular flexibility index (Phi) is 2.91. The van der Waals surface area contributed by atoms with Crippen LogP contribution in [0.2, 0.25) is 0 Å². The summed E-state index contributed by atoms with van der Waals surface area (Å²) in [7, 11) is 0. The van der Waals surface area contributed by atoms with Crippen molar-refractivity contribution >= 4 is 17.5 Å². The van der Waals surface area contributed by atoms with Crippen LogP contribution >= 0.6 is 11.6 Å². The third kappa shape index (κ3) is 1.93. The Balaban J connectivity index is 2.19. The summed E-state index contributed by atoms with van der Waals surface area (Å²) < 4.78 is 0. The van der Waals surface area contributed by atoms with Crippen molar-refractivity contribution in [2.24, 2.45) is 5.41 Å². The first-order chi connectivity index (χ1) is 7.52. The molecule has 1 aromatic rings. The minimum Gasteiger partial charge on any atom is -0.272 e. The molecule has 1 heterocycles. The second kappa shape index (κ2) is 4.07. The Morgan fingerprint density at radius 2 is 2.00 bits per heavy atom. The number of amides is 1. The smallest absolute Gasteiger partial charge is 0.255 e. The highest BCUT2D eigenvalue weighted by Gasteiger charge is 2.43. The Morgan fingerprint density at radius 1 is 1.38 bits per heavy atom. The van der Waals surface area contributed by atoms with Crippen molar-refractivity contribution in [2.75, 3.05) is 6.61 Å². The van der Waals surface area contributed by atoms with Crippen molar-refractivity contribution in [1.29, 1.82) is 0 Å². The Bertz CT molecular complexity index is 391. The van der Waals surface area contributed by atoms with Crippen molar-refractivity contribution in [1.82, 2.24) is 5.06 Å². The predicted octanol–water partition coefficient (Wildman–Crippen LogP) is 2.72. The molecule has 0 N–H and O–H groups in total. The third-order valence-corrected chi connectivity index (χ3v) is 3.05. The first kappa shape index (κ1) is 11.4. The van der Waals surface area contributed by atoms with Crippen molar-refractivity contribution < 1.29 is 9.63 Å². The minimum atomic E-state index is -0.560. The van der Waals surface area contributed by atoms with Crippen molar-refractivity contribution in [2.45, 2.75) is 19.3 Å². The maximum Gasteiger partial charge on any atom is 0.255 e. The molecule has 1 aliphatic heterocycles. The molecular weight excluding hydrogens is 226 g/mol. The maximum absolute atomic E-state index is 12.0. The molecule has 1 atom stereocenters. The summed E-state index contributed by atoms with van der Waals surface area (Å²) in [6, 6.07) is 9.43. The van der Waals surface area contributed by atoms with Crippen LogP contribution in [0.3, 0.4) is 0 Å². The van der Waals surface area contributed by atoms with E-state index in [-0.39, 0.29) is 5.91 Å². The van der Waals surface area contributed by atoms with Crippen LogP contribution in [-0.4, -0.2) is 17.6 Å². The number of nitrogens with zero attached hydrogens (tertiary/aromatic N) is 1. The average molecular weight is 240 g/mol. The fourth-order valence-electron chi connectivity index (χ4n) is 1.57. The Morgan fingerprint density at radius 3 is 2.50 bits per heavy atom. The van der Waals surface area contributed by atoms with Gasteiger partial charge in [0.05, 0.1) is 12.0 Å². The van der Waals surface area contributed by atoms with E-state index in [0.717, 1.165) is 5.56 Å². The number of carbonyl (C=O) groups excluding carboxylic acids is 1. The quantitative estimate of drug-likeness (QED) is 0.587. The predicted molar refractivity (Wildman–Crippen MR) is 61.6 cm³/mol. The molecule has 2 rings (SSSR count). The van der Waals surface area contributed by atoms with Crippen LogP contribution in [0, 0.1) is 5.41 Å². The van der Waals surface area contributed by atoms with Crippen LogP contribution in [0.25, 0.3) is 0 Å². The van der Waals surface area contributed by atoms with Gasteiger partial charge in [-0.05, 0) is 19.4 Å². The van der Waals surface area contributed by atoms with E-state index in [1.54, 1.807) is 0 Å². The lowest BCUT2D eigenvalue weighted by Gasteiger charge is -2.21. The summed E-state index contributed by atoms with van der Waals surface area (Å²) in [4.78, 5) is 17.3. The molecule has 0 aromatic heterocycles. The molecule has 3 nitrogen and oxygen atoms in total. The monoisotopic (exact) mass is 239 g/mol. The van der Waals surface area contributed by atoms with E-state index >= 15 is 0 Å². The topological polar surface area (TPSA) is 29.5 Å². The number of hydrogen-bond donors (Lipinski definition) is 0. The summed E-state index contributed by atoms with van der Waals surface area (Å²) in [5.41, 5.74) is -0.187. The van der Waals surface area contributed by atoms with Crippen LogP contribution in [0.5, 0.6) is 0 Å². The Labute approximate surface area is 99.9 Å². The van der Waals surface area contributed by atoms with Gasteiger partial charge in [0.25, 0.3) is 5.91 Å². The highest BCUT2D eigenvalue weighted by Crippen LogP contribution is 2.35. The number of halogens is 1. The molecule has 0 bridgehead atoms. The van der Waals surface area contributed by atoms with Crippen LogP contribution in [0.4, 0.5) is 0 Å². The molecule has 4 heteroatoms. The van der Waals surface area contributed by atoms with Gasteiger partial charge in [0.2, 0.25) is 0 Å². The average Bonchev–Trinajstić information content (AvgIpc) is 2.55. The van der Waals surface area contributed by atoms with Crippen LogP contribution < -0.4 is 0 Å². The number of hydroxylamine groups is 2. The van der Waals surface area contributed by atoms with E-state index in [1.165, 1.54) is 5.06 Å². The molecule has 1 aromatic carbocycles. The molecular formula is C12H14ClNO2. The second-order valence-corrected chi connectivity index (χ2v) is 4.95. The minimum absolute atomic E-state index is 0.0728. The first-order valence-corrected chi connectivity index (χ1v) is 5.61. The second-order valence-electron chi connectivity index (χ2n) is 4.53. The number of carbonyl (C=O) groups is 1. The van der Waals surface area contributed by atoms with E-state index in [4.69, 9.17) is 16.4 Å². The van der Waals surface area contributed by atoms with E-state index in [1.807, 2.05) is 44.2 Å². The van der Waals surface area contributed by atoms with Crippen molar-refractivity contribution in [3.8, 4) is 0 Å². The molecule has 1 aliphatic rings. The summed E-state index contributed by atoms with van der Waals surface area (Å²) >= 11 is 6.21. The third-order valence-electron chi connectivity index (χ3n) is 2.62. The van der Waals surface area contributed by atoms with Gasteiger partial charge in [-0.15, -0.1) is 0 Å². The zero-order valence-corrected chi connectivity index (χ0v) is 10.1. The van der Waals surface area contributed by atoms with Gasteiger partial charge in [-0.1, -0.05) is 41.9 Å². The first-order valence-electron chi connectivity index (χ1n) is 5.18. The van der Waals surface area contributed by atoms with E-state index in [9.17, 15) is 4.79 Å². The van der Waals surface area contributed by atoms with Gasteiger partial charge in [0.15, 0.2) is 5.50 Å². The van der Waals surface area contributed by atoms with Gasteiger partial charge in [0, 0.05) is 0 Å². The number of rotatable bonds is 2. The molecule has 16 heavy (non-hydrogen) atoms. The van der Waals surface area contributed by atoms with Crippen molar-refractivity contribution in [3.05, 3.63) is 35.9 Å². The normalized spacial score (nSPS) is 21.2. The highest BCUT2D eigenvalue weighted by molar-refractivity contribution is 6.21. The molecule has 0 aliphatic carbocycles. The molecule has 0 spiro atoms. The molecule has 1 saturated heterocycles. The van der Waals surface area contributed by atoms with Crippen LogP contribution in [-0.2, 0) is 9.63 Å². The van der Waals surface area contributed by atoms with Gasteiger partial charge < -0.3 is 0 Å². The van der Waals surface area contributed by atoms with E-state index in [0.29, 0.717) is 6.61 Å².